The van der Waals surface area contributed by atoms with Gasteiger partial charge in [-0.1, -0.05) is 282 Å². The zero-order valence-electron chi connectivity index (χ0n) is 42.0. The van der Waals surface area contributed by atoms with E-state index < -0.39 is 18.2 Å². The predicted molar refractivity (Wildman–Crippen MR) is 273 cm³/mol. The molecule has 4 N–H and O–H groups in total. The summed E-state index contributed by atoms with van der Waals surface area (Å²) in [6, 6.07) is -0.743. The van der Waals surface area contributed by atoms with Crippen LogP contribution in [0.25, 0.3) is 0 Å². The molecule has 0 saturated carbocycles. The van der Waals surface area contributed by atoms with E-state index in [1.165, 1.54) is 257 Å². The number of aliphatic hydroxyl groups excluding tert-OH is 3. The van der Waals surface area contributed by atoms with Gasteiger partial charge in [0.05, 0.1) is 31.3 Å². The summed E-state index contributed by atoms with van der Waals surface area (Å²) in [5, 5.41) is 33.4. The highest BCUT2D eigenvalue weighted by atomic mass is 16.3. The van der Waals surface area contributed by atoms with Crippen LogP contribution in [0.5, 0.6) is 0 Å². The first kappa shape index (κ1) is 60.8. The number of hydrogen-bond donors (Lipinski definition) is 4. The largest absolute Gasteiger partial charge is 0.394 e. The Bertz CT molecular complexity index is 920. The van der Waals surface area contributed by atoms with Gasteiger partial charge in [-0.25, -0.2) is 0 Å². The van der Waals surface area contributed by atoms with Gasteiger partial charge in [0.15, 0.2) is 0 Å². The van der Waals surface area contributed by atoms with Crippen molar-refractivity contribution in [2.75, 3.05) is 6.61 Å². The van der Waals surface area contributed by atoms with Crippen molar-refractivity contribution in [2.45, 2.75) is 327 Å². The van der Waals surface area contributed by atoms with Crippen molar-refractivity contribution in [2.24, 2.45) is 0 Å². The van der Waals surface area contributed by atoms with E-state index >= 15 is 0 Å². The average Bonchev–Trinajstić information content (AvgIpc) is 3.27. The Balaban J connectivity index is 3.53. The van der Waals surface area contributed by atoms with Crippen LogP contribution >= 0.6 is 0 Å². The summed E-state index contributed by atoms with van der Waals surface area (Å²) >= 11 is 0. The Labute approximate surface area is 388 Å². The van der Waals surface area contributed by atoms with Crippen LogP contribution in [0.2, 0.25) is 0 Å². The molecule has 0 rings (SSSR count). The summed E-state index contributed by atoms with van der Waals surface area (Å²) in [5.74, 6) is -0.311. The first-order valence-corrected chi connectivity index (χ1v) is 28.1. The number of nitrogens with one attached hydrogen (secondary N) is 1. The van der Waals surface area contributed by atoms with E-state index in [1.54, 1.807) is 6.08 Å². The van der Waals surface area contributed by atoms with E-state index in [9.17, 15) is 20.1 Å². The topological polar surface area (TPSA) is 89.8 Å². The highest BCUT2D eigenvalue weighted by Gasteiger charge is 2.20. The second kappa shape index (κ2) is 52.5. The summed E-state index contributed by atoms with van der Waals surface area (Å²) in [6.07, 6.45) is 66.5. The van der Waals surface area contributed by atoms with Crippen LogP contribution in [0.3, 0.4) is 0 Å². The molecule has 3 atom stereocenters. The molecule has 0 aromatic heterocycles. The number of carbonyl (C=O) groups excluding carboxylic acids is 1. The molecule has 0 radical (unpaired) electrons. The third kappa shape index (κ3) is 48.3. The van der Waals surface area contributed by atoms with E-state index in [0.29, 0.717) is 6.42 Å². The lowest BCUT2D eigenvalue weighted by atomic mass is 10.0. The molecule has 0 fully saturated rings. The third-order valence-corrected chi connectivity index (χ3v) is 13.2. The maximum atomic E-state index is 12.5. The minimum absolute atomic E-state index is 0.0166. The molecule has 0 heterocycles. The van der Waals surface area contributed by atoms with Crippen LogP contribution in [-0.2, 0) is 4.79 Å². The van der Waals surface area contributed by atoms with Crippen molar-refractivity contribution in [3.8, 4) is 0 Å². The maximum Gasteiger partial charge on any atom is 0.222 e. The van der Waals surface area contributed by atoms with Crippen molar-refractivity contribution in [3.05, 3.63) is 24.3 Å². The fourth-order valence-electron chi connectivity index (χ4n) is 8.93. The molecule has 3 unspecified atom stereocenters. The van der Waals surface area contributed by atoms with Crippen LogP contribution in [-0.4, -0.2) is 46.1 Å². The molecule has 62 heavy (non-hydrogen) atoms. The monoisotopic (exact) mass is 874 g/mol. The van der Waals surface area contributed by atoms with Crippen LogP contribution in [0.4, 0.5) is 0 Å². The highest BCUT2D eigenvalue weighted by Crippen LogP contribution is 2.17. The van der Waals surface area contributed by atoms with Crippen LogP contribution in [0.1, 0.15) is 309 Å². The molecule has 5 heteroatoms. The number of hydrogen-bond acceptors (Lipinski definition) is 4. The fraction of sp³-hybridized carbons (Fsp3) is 0.912. The minimum Gasteiger partial charge on any atom is -0.394 e. The molecule has 0 aromatic carbocycles. The first-order chi connectivity index (χ1) is 30.5. The number of allylic oxidation sites excluding steroid dienone is 3. The second-order valence-electron chi connectivity index (χ2n) is 19.5. The summed E-state index contributed by atoms with van der Waals surface area (Å²) in [7, 11) is 0. The Hall–Kier alpha value is -1.17. The lowest BCUT2D eigenvalue weighted by Gasteiger charge is -2.21. The smallest absolute Gasteiger partial charge is 0.222 e. The van der Waals surface area contributed by atoms with Gasteiger partial charge in [0, 0.05) is 0 Å². The molecule has 0 saturated heterocycles. The summed E-state index contributed by atoms with van der Waals surface area (Å²) in [6.45, 7) is 4.25. The maximum absolute atomic E-state index is 12.5. The van der Waals surface area contributed by atoms with Crippen LogP contribution in [0.15, 0.2) is 24.3 Å². The van der Waals surface area contributed by atoms with Crippen molar-refractivity contribution < 1.29 is 20.1 Å². The zero-order chi connectivity index (χ0) is 45.1. The van der Waals surface area contributed by atoms with Gasteiger partial charge in [0.1, 0.15) is 0 Å². The molecular weight excluding hydrogens is 763 g/mol. The fourth-order valence-corrected chi connectivity index (χ4v) is 8.93. The number of amides is 1. The molecular formula is C57H111NO4. The normalized spacial score (nSPS) is 13.4. The van der Waals surface area contributed by atoms with Gasteiger partial charge in [-0.2, -0.15) is 0 Å². The number of aliphatic hydroxyl groups is 3. The van der Waals surface area contributed by atoms with E-state index in [1.807, 2.05) is 6.08 Å². The van der Waals surface area contributed by atoms with E-state index in [0.717, 1.165) is 25.7 Å². The van der Waals surface area contributed by atoms with E-state index in [2.05, 4.69) is 31.3 Å². The Morgan fingerprint density at radius 2 is 0.677 bits per heavy atom. The Morgan fingerprint density at radius 1 is 0.403 bits per heavy atom. The zero-order valence-corrected chi connectivity index (χ0v) is 42.0. The molecule has 0 aliphatic heterocycles. The Morgan fingerprint density at radius 3 is 0.984 bits per heavy atom. The Kier molecular flexibility index (Phi) is 51.5. The van der Waals surface area contributed by atoms with E-state index in [-0.39, 0.29) is 18.9 Å². The molecule has 5 nitrogen and oxygen atoms in total. The van der Waals surface area contributed by atoms with Crippen molar-refractivity contribution in [3.63, 3.8) is 0 Å². The van der Waals surface area contributed by atoms with Gasteiger partial charge in [0.25, 0.3) is 0 Å². The standard InChI is InChI=1S/C57H111NO4/c1-3-5-7-9-11-13-15-17-19-21-23-24-25-26-27-28-29-30-31-32-33-34-36-38-40-42-44-46-48-50-54(60)52-57(62)58-55(53-59)56(61)51-49-47-45-43-41-39-37-35-22-20-18-16-14-12-10-8-6-4-2/h26-27,49,51,54-56,59-61H,3-25,28-48,50,52-53H2,1-2H3,(H,58,62)/b27-26-,51-49+. The quantitative estimate of drug-likeness (QED) is 0.0362. The molecule has 368 valence electrons. The summed E-state index contributed by atoms with van der Waals surface area (Å²) in [5.41, 5.74) is 0. The van der Waals surface area contributed by atoms with Gasteiger partial charge in [-0.15, -0.1) is 0 Å². The van der Waals surface area contributed by atoms with Crippen molar-refractivity contribution in [1.29, 1.82) is 0 Å². The van der Waals surface area contributed by atoms with Gasteiger partial charge >= 0.3 is 0 Å². The lowest BCUT2D eigenvalue weighted by Crippen LogP contribution is -2.45. The first-order valence-electron chi connectivity index (χ1n) is 28.1. The molecule has 0 bridgehead atoms. The van der Waals surface area contributed by atoms with E-state index in [4.69, 9.17) is 0 Å². The van der Waals surface area contributed by atoms with Gasteiger partial charge in [-0.05, 0) is 44.9 Å². The van der Waals surface area contributed by atoms with Gasteiger partial charge in [-0.3, -0.25) is 4.79 Å². The summed E-state index contributed by atoms with van der Waals surface area (Å²) in [4.78, 5) is 12.5. The van der Waals surface area contributed by atoms with Gasteiger partial charge in [0.2, 0.25) is 5.91 Å². The molecule has 0 spiro atoms. The van der Waals surface area contributed by atoms with Gasteiger partial charge < -0.3 is 20.6 Å². The lowest BCUT2D eigenvalue weighted by molar-refractivity contribution is -0.124. The number of rotatable bonds is 52. The SMILES string of the molecule is CCCCCCCCCCCCCC/C=C\CCCCCCCCCCCCCCCC(O)CC(=O)NC(CO)C(O)/C=C/CCCCCCCCCCCCCCCCCC. The molecule has 0 aliphatic rings. The predicted octanol–water partition coefficient (Wildman–Crippen LogP) is 17.3. The van der Waals surface area contributed by atoms with Crippen molar-refractivity contribution in [1.82, 2.24) is 5.32 Å². The molecule has 0 aromatic rings. The molecule has 0 aliphatic carbocycles. The molecule has 1 amide bonds. The summed E-state index contributed by atoms with van der Waals surface area (Å²) < 4.78 is 0. The number of unbranched alkanes of at least 4 members (excludes halogenated alkanes) is 41. The third-order valence-electron chi connectivity index (χ3n) is 13.2. The number of carbonyl (C=O) groups is 1. The average molecular weight is 875 g/mol. The van der Waals surface area contributed by atoms with Crippen LogP contribution in [0, 0.1) is 0 Å². The van der Waals surface area contributed by atoms with Crippen molar-refractivity contribution >= 4 is 5.91 Å². The second-order valence-corrected chi connectivity index (χ2v) is 19.5. The highest BCUT2D eigenvalue weighted by molar-refractivity contribution is 5.76. The minimum atomic E-state index is -0.927. The van der Waals surface area contributed by atoms with Crippen LogP contribution < -0.4 is 5.32 Å².